The summed E-state index contributed by atoms with van der Waals surface area (Å²) in [5, 5.41) is 8.59. The van der Waals surface area contributed by atoms with E-state index in [0.717, 1.165) is 6.07 Å². The fraction of sp³-hybridized carbons (Fsp3) is 0.364. The SMILES string of the molecule is N#Cc1ccc(OC2CS(=O)(=O)CC2N)c(F)c1. The average molecular weight is 270 g/mol. The van der Waals surface area contributed by atoms with Crippen LogP contribution in [0, 0.1) is 17.1 Å². The third-order valence-electron chi connectivity index (χ3n) is 2.68. The van der Waals surface area contributed by atoms with Crippen molar-refractivity contribution in [1.29, 1.82) is 5.26 Å². The van der Waals surface area contributed by atoms with E-state index in [4.69, 9.17) is 15.7 Å². The maximum atomic E-state index is 13.5. The van der Waals surface area contributed by atoms with Crippen LogP contribution in [0.25, 0.3) is 0 Å². The number of rotatable bonds is 2. The Labute approximate surface area is 104 Å². The van der Waals surface area contributed by atoms with Crippen LogP contribution in [0.15, 0.2) is 18.2 Å². The van der Waals surface area contributed by atoms with E-state index in [1.807, 2.05) is 0 Å². The van der Waals surface area contributed by atoms with Gasteiger partial charge in [-0.2, -0.15) is 5.26 Å². The molecule has 2 unspecified atom stereocenters. The Morgan fingerprint density at radius 2 is 2.17 bits per heavy atom. The minimum Gasteiger partial charge on any atom is -0.485 e. The Bertz CT molecular complexity index is 609. The third kappa shape index (κ3) is 2.60. The summed E-state index contributed by atoms with van der Waals surface area (Å²) in [5.74, 6) is -1.17. The van der Waals surface area contributed by atoms with Crippen LogP contribution in [0.1, 0.15) is 5.56 Å². The molecule has 1 aromatic carbocycles. The van der Waals surface area contributed by atoms with Gasteiger partial charge in [0.25, 0.3) is 0 Å². The summed E-state index contributed by atoms with van der Waals surface area (Å²) >= 11 is 0. The molecule has 1 aromatic rings. The number of ether oxygens (including phenoxy) is 1. The lowest BCUT2D eigenvalue weighted by molar-refractivity contribution is 0.200. The quantitative estimate of drug-likeness (QED) is 0.828. The zero-order chi connectivity index (χ0) is 13.3. The van der Waals surface area contributed by atoms with Gasteiger partial charge < -0.3 is 10.5 Å². The standard InChI is InChI=1S/C11H11FN2O3S/c12-8-3-7(4-13)1-2-10(8)17-11-6-18(15,16)5-9(11)14/h1-3,9,11H,5-6,14H2. The first-order valence-corrected chi connectivity index (χ1v) is 7.06. The van der Waals surface area contributed by atoms with Crippen LogP contribution in [-0.4, -0.2) is 32.1 Å². The average Bonchev–Trinajstić information content (AvgIpc) is 2.54. The van der Waals surface area contributed by atoms with E-state index in [2.05, 4.69) is 0 Å². The van der Waals surface area contributed by atoms with Crippen LogP contribution in [0.2, 0.25) is 0 Å². The molecule has 1 heterocycles. The number of nitriles is 1. The lowest BCUT2D eigenvalue weighted by Crippen LogP contribution is -2.37. The number of hydrogen-bond donors (Lipinski definition) is 1. The van der Waals surface area contributed by atoms with E-state index in [1.165, 1.54) is 12.1 Å². The van der Waals surface area contributed by atoms with Crippen molar-refractivity contribution in [2.75, 3.05) is 11.5 Å². The summed E-state index contributed by atoms with van der Waals surface area (Å²) in [6.07, 6.45) is -0.752. The first-order valence-electron chi connectivity index (χ1n) is 5.23. The van der Waals surface area contributed by atoms with E-state index in [0.29, 0.717) is 0 Å². The monoisotopic (exact) mass is 270 g/mol. The fourth-order valence-electron chi connectivity index (χ4n) is 1.79. The van der Waals surface area contributed by atoms with E-state index >= 15 is 0 Å². The second-order valence-electron chi connectivity index (χ2n) is 4.15. The van der Waals surface area contributed by atoms with E-state index in [-0.39, 0.29) is 22.8 Å². The highest BCUT2D eigenvalue weighted by Gasteiger charge is 2.37. The summed E-state index contributed by atoms with van der Waals surface area (Å²) in [4.78, 5) is 0. The van der Waals surface area contributed by atoms with Crippen LogP contribution in [0.3, 0.4) is 0 Å². The number of nitrogens with two attached hydrogens (primary N) is 1. The smallest absolute Gasteiger partial charge is 0.166 e. The van der Waals surface area contributed by atoms with Gasteiger partial charge in [0.1, 0.15) is 6.10 Å². The molecule has 0 aliphatic carbocycles. The number of halogens is 1. The fourth-order valence-corrected chi connectivity index (χ4v) is 3.55. The van der Waals surface area contributed by atoms with Gasteiger partial charge in [-0.3, -0.25) is 0 Å². The molecular weight excluding hydrogens is 259 g/mol. The maximum Gasteiger partial charge on any atom is 0.166 e. The van der Waals surface area contributed by atoms with E-state index in [1.54, 1.807) is 6.07 Å². The summed E-state index contributed by atoms with van der Waals surface area (Å²) in [7, 11) is -3.22. The van der Waals surface area contributed by atoms with Gasteiger partial charge in [-0.1, -0.05) is 0 Å². The number of benzene rings is 1. The molecule has 18 heavy (non-hydrogen) atoms. The predicted molar refractivity (Wildman–Crippen MR) is 62.2 cm³/mol. The molecule has 1 aliphatic rings. The first-order chi connectivity index (χ1) is 8.41. The molecule has 96 valence electrons. The number of hydrogen-bond acceptors (Lipinski definition) is 5. The van der Waals surface area contributed by atoms with Gasteiger partial charge in [0.05, 0.1) is 29.2 Å². The molecule has 0 saturated carbocycles. The molecule has 1 aliphatic heterocycles. The molecule has 0 spiro atoms. The Balaban J connectivity index is 2.18. The van der Waals surface area contributed by atoms with Crippen molar-refractivity contribution in [2.24, 2.45) is 5.73 Å². The van der Waals surface area contributed by atoms with Gasteiger partial charge in [-0.15, -0.1) is 0 Å². The highest BCUT2D eigenvalue weighted by atomic mass is 32.2. The molecule has 0 amide bonds. The molecule has 0 radical (unpaired) electrons. The van der Waals surface area contributed by atoms with Crippen LogP contribution < -0.4 is 10.5 Å². The number of nitrogens with zero attached hydrogens (tertiary/aromatic N) is 1. The summed E-state index contributed by atoms with van der Waals surface area (Å²) in [6.45, 7) is 0. The largest absolute Gasteiger partial charge is 0.485 e. The van der Waals surface area contributed by atoms with Crippen molar-refractivity contribution >= 4 is 9.84 Å². The summed E-state index contributed by atoms with van der Waals surface area (Å²) in [6, 6.07) is 4.86. The normalized spacial score (nSPS) is 25.6. The highest BCUT2D eigenvalue weighted by molar-refractivity contribution is 7.91. The Morgan fingerprint density at radius 3 is 2.67 bits per heavy atom. The van der Waals surface area contributed by atoms with Crippen molar-refractivity contribution in [3.63, 3.8) is 0 Å². The van der Waals surface area contributed by atoms with Crippen molar-refractivity contribution in [2.45, 2.75) is 12.1 Å². The Hall–Kier alpha value is -1.65. The van der Waals surface area contributed by atoms with Crippen molar-refractivity contribution in [3.8, 4) is 11.8 Å². The van der Waals surface area contributed by atoms with Crippen LogP contribution >= 0.6 is 0 Å². The van der Waals surface area contributed by atoms with Gasteiger partial charge in [0.15, 0.2) is 21.4 Å². The molecule has 7 heteroatoms. The van der Waals surface area contributed by atoms with Gasteiger partial charge >= 0.3 is 0 Å². The minimum atomic E-state index is -3.22. The van der Waals surface area contributed by atoms with E-state index in [9.17, 15) is 12.8 Å². The van der Waals surface area contributed by atoms with Crippen molar-refractivity contribution in [1.82, 2.24) is 0 Å². The molecule has 2 rings (SSSR count). The zero-order valence-electron chi connectivity index (χ0n) is 9.34. The van der Waals surface area contributed by atoms with Crippen molar-refractivity contribution < 1.29 is 17.5 Å². The predicted octanol–water partition coefficient (Wildman–Crippen LogP) is 0.200. The molecule has 1 fully saturated rings. The maximum absolute atomic E-state index is 13.5. The van der Waals surface area contributed by atoms with Crippen LogP contribution in [-0.2, 0) is 9.84 Å². The highest BCUT2D eigenvalue weighted by Crippen LogP contribution is 2.23. The zero-order valence-corrected chi connectivity index (χ0v) is 10.2. The lowest BCUT2D eigenvalue weighted by Gasteiger charge is -2.16. The third-order valence-corrected chi connectivity index (χ3v) is 4.41. The van der Waals surface area contributed by atoms with Gasteiger partial charge in [-0.25, -0.2) is 12.8 Å². The molecule has 2 N–H and O–H groups in total. The lowest BCUT2D eigenvalue weighted by atomic mass is 10.2. The second-order valence-corrected chi connectivity index (χ2v) is 6.31. The molecule has 1 saturated heterocycles. The Morgan fingerprint density at radius 1 is 1.44 bits per heavy atom. The van der Waals surface area contributed by atoms with Gasteiger partial charge in [0, 0.05) is 0 Å². The van der Waals surface area contributed by atoms with E-state index < -0.39 is 27.8 Å². The Kier molecular flexibility index (Phi) is 3.24. The molecule has 2 atom stereocenters. The summed E-state index contributed by atoms with van der Waals surface area (Å²) in [5.41, 5.74) is 5.80. The molecular formula is C11H11FN2O3S. The molecule has 0 bridgehead atoms. The minimum absolute atomic E-state index is 0.0912. The van der Waals surface area contributed by atoms with Gasteiger partial charge in [0.2, 0.25) is 0 Å². The second kappa shape index (κ2) is 4.55. The number of sulfone groups is 1. The summed E-state index contributed by atoms with van der Waals surface area (Å²) < 4.78 is 41.5. The topological polar surface area (TPSA) is 93.2 Å². The van der Waals surface area contributed by atoms with Crippen molar-refractivity contribution in [3.05, 3.63) is 29.6 Å². The van der Waals surface area contributed by atoms with Gasteiger partial charge in [-0.05, 0) is 18.2 Å². The molecule has 0 aromatic heterocycles. The first kappa shape index (κ1) is 12.8. The van der Waals surface area contributed by atoms with Crippen LogP contribution in [0.5, 0.6) is 5.75 Å². The van der Waals surface area contributed by atoms with Crippen LogP contribution in [0.4, 0.5) is 4.39 Å². The molecule has 5 nitrogen and oxygen atoms in total.